The molecule has 5 heteroatoms. The summed E-state index contributed by atoms with van der Waals surface area (Å²) >= 11 is 0. The minimum absolute atomic E-state index is 0.0751. The van der Waals surface area contributed by atoms with Crippen molar-refractivity contribution in [2.45, 2.75) is 59.8 Å². The van der Waals surface area contributed by atoms with E-state index in [4.69, 9.17) is 9.15 Å². The van der Waals surface area contributed by atoms with Crippen LogP contribution in [0.5, 0.6) is 5.75 Å². The minimum Gasteiger partial charge on any atom is -0.485 e. The van der Waals surface area contributed by atoms with Gasteiger partial charge in [-0.1, -0.05) is 44.4 Å². The number of rotatable bonds is 9. The third-order valence-electron chi connectivity index (χ3n) is 6.97. The largest absolute Gasteiger partial charge is 0.485 e. The summed E-state index contributed by atoms with van der Waals surface area (Å²) in [6.45, 7) is 7.90. The van der Waals surface area contributed by atoms with E-state index >= 15 is 0 Å². The lowest BCUT2D eigenvalue weighted by molar-refractivity contribution is 0.0922. The summed E-state index contributed by atoms with van der Waals surface area (Å²) in [5, 5.41) is 1.85. The van der Waals surface area contributed by atoms with E-state index in [1.807, 2.05) is 68.8 Å². The molecule has 4 aromatic rings. The van der Waals surface area contributed by atoms with Gasteiger partial charge in [-0.15, -0.1) is 0 Å². The summed E-state index contributed by atoms with van der Waals surface area (Å²) < 4.78 is 13.7. The van der Waals surface area contributed by atoms with E-state index in [0.29, 0.717) is 16.9 Å². The van der Waals surface area contributed by atoms with Crippen LogP contribution in [-0.4, -0.2) is 17.0 Å². The van der Waals surface area contributed by atoms with E-state index in [2.05, 4.69) is 6.92 Å². The Morgan fingerprint density at radius 2 is 1.74 bits per heavy atom. The predicted molar refractivity (Wildman–Crippen MR) is 137 cm³/mol. The second kappa shape index (κ2) is 9.88. The Morgan fingerprint density at radius 3 is 2.50 bits per heavy atom. The van der Waals surface area contributed by atoms with Crippen LogP contribution in [0, 0.1) is 20.8 Å². The highest BCUT2D eigenvalue weighted by Crippen LogP contribution is 2.31. The summed E-state index contributed by atoms with van der Waals surface area (Å²) in [6, 6.07) is 11.7. The first-order chi connectivity index (χ1) is 16.3. The number of nitrogens with zero attached hydrogens (tertiary/aromatic N) is 1. The third-order valence-corrected chi connectivity index (χ3v) is 6.97. The number of fused-ring (bicyclic) bond motifs is 2. The summed E-state index contributed by atoms with van der Waals surface area (Å²) in [6.07, 6.45) is 5.18. The minimum atomic E-state index is -0.274. The van der Waals surface area contributed by atoms with Crippen molar-refractivity contribution in [1.82, 2.24) is 4.57 Å². The predicted octanol–water partition coefficient (Wildman–Crippen LogP) is 6.59. The fourth-order valence-corrected chi connectivity index (χ4v) is 4.83. The maximum absolute atomic E-state index is 13.1. The number of para-hydroxylation sites is 1. The average Bonchev–Trinajstić information content (AvgIpc) is 3.08. The molecular formula is C29H33NO4. The standard InChI is InChI=1S/C29H33NO4/c1-6-7-8-9-12-22-18(2)21-15-16-26(19(3)28(21)34-29(22)32)33-17-25(31)27-20(4)30(5)24-14-11-10-13-23(24)27/h10-11,13-16H,6-9,12,17H2,1-5H3. The molecule has 2 aromatic carbocycles. The SMILES string of the molecule is CCCCCCc1c(C)c2ccc(OCC(=O)c3c(C)n(C)c4ccccc34)c(C)c2oc1=O. The second-order valence-electron chi connectivity index (χ2n) is 9.12. The van der Waals surface area contributed by atoms with Gasteiger partial charge in [0, 0.05) is 45.7 Å². The first-order valence-electron chi connectivity index (χ1n) is 12.1. The van der Waals surface area contributed by atoms with Crippen LogP contribution in [-0.2, 0) is 13.5 Å². The molecule has 0 spiro atoms. The van der Waals surface area contributed by atoms with Crippen LogP contribution in [0.3, 0.4) is 0 Å². The molecule has 0 N–H and O–H groups in total. The van der Waals surface area contributed by atoms with Gasteiger partial charge in [0.1, 0.15) is 11.3 Å². The monoisotopic (exact) mass is 459 g/mol. The molecule has 0 aliphatic carbocycles. The second-order valence-corrected chi connectivity index (χ2v) is 9.12. The van der Waals surface area contributed by atoms with Crippen LogP contribution in [0.1, 0.15) is 65.3 Å². The maximum Gasteiger partial charge on any atom is 0.339 e. The van der Waals surface area contributed by atoms with Crippen molar-refractivity contribution in [2.75, 3.05) is 6.61 Å². The number of unbranched alkanes of at least 4 members (excludes halogenated alkanes) is 3. The van der Waals surface area contributed by atoms with Crippen LogP contribution in [0.4, 0.5) is 0 Å². The van der Waals surface area contributed by atoms with Gasteiger partial charge in [-0.25, -0.2) is 4.79 Å². The first-order valence-corrected chi connectivity index (χ1v) is 12.1. The Bertz CT molecular complexity index is 1420. The normalized spacial score (nSPS) is 11.4. The summed E-state index contributed by atoms with van der Waals surface area (Å²) in [5.41, 5.74) is 5.35. The van der Waals surface area contributed by atoms with Crippen molar-refractivity contribution < 1.29 is 13.9 Å². The van der Waals surface area contributed by atoms with E-state index in [-0.39, 0.29) is 18.0 Å². The third kappa shape index (κ3) is 4.27. The fraction of sp³-hybridized carbons (Fsp3) is 0.379. The van der Waals surface area contributed by atoms with Gasteiger partial charge in [0.05, 0.1) is 0 Å². The number of aromatic nitrogens is 1. The molecule has 0 aliphatic rings. The molecule has 0 saturated carbocycles. The van der Waals surface area contributed by atoms with Gasteiger partial charge in [-0.3, -0.25) is 4.79 Å². The zero-order chi connectivity index (χ0) is 24.4. The molecule has 2 aromatic heterocycles. The van der Waals surface area contributed by atoms with Crippen LogP contribution in [0.25, 0.3) is 21.9 Å². The number of hydrogen-bond donors (Lipinski definition) is 0. The van der Waals surface area contributed by atoms with Crippen molar-refractivity contribution in [2.24, 2.45) is 7.05 Å². The number of carbonyl (C=O) groups excluding carboxylic acids is 1. The highest BCUT2D eigenvalue weighted by molar-refractivity contribution is 6.10. The lowest BCUT2D eigenvalue weighted by Gasteiger charge is -2.13. The Labute approximate surface area is 200 Å². The molecule has 0 radical (unpaired) electrons. The van der Waals surface area contributed by atoms with Crippen molar-refractivity contribution in [3.63, 3.8) is 0 Å². The number of benzene rings is 2. The zero-order valence-electron chi connectivity index (χ0n) is 20.8. The molecule has 34 heavy (non-hydrogen) atoms. The van der Waals surface area contributed by atoms with Crippen LogP contribution >= 0.6 is 0 Å². The quantitative estimate of drug-likeness (QED) is 0.161. The first kappa shape index (κ1) is 23.8. The Morgan fingerprint density at radius 1 is 0.971 bits per heavy atom. The lowest BCUT2D eigenvalue weighted by atomic mass is 9.99. The molecule has 0 bridgehead atoms. The van der Waals surface area contributed by atoms with Gasteiger partial charge in [-0.2, -0.15) is 0 Å². The molecule has 0 aliphatic heterocycles. The van der Waals surface area contributed by atoms with Gasteiger partial charge >= 0.3 is 5.63 Å². The molecule has 0 saturated heterocycles. The number of carbonyl (C=O) groups is 1. The van der Waals surface area contributed by atoms with Crippen LogP contribution < -0.4 is 10.4 Å². The molecule has 178 valence electrons. The van der Waals surface area contributed by atoms with Gasteiger partial charge in [-0.05, 0) is 57.4 Å². The molecule has 2 heterocycles. The van der Waals surface area contributed by atoms with E-state index < -0.39 is 0 Å². The molecule has 0 fully saturated rings. The summed E-state index contributed by atoms with van der Waals surface area (Å²) in [4.78, 5) is 25.9. The van der Waals surface area contributed by atoms with Gasteiger partial charge in [0.2, 0.25) is 5.78 Å². The van der Waals surface area contributed by atoms with Gasteiger partial charge < -0.3 is 13.7 Å². The smallest absolute Gasteiger partial charge is 0.339 e. The molecule has 0 amide bonds. The molecule has 0 unspecified atom stereocenters. The maximum atomic E-state index is 13.1. The van der Waals surface area contributed by atoms with Crippen LogP contribution in [0.15, 0.2) is 45.6 Å². The lowest BCUT2D eigenvalue weighted by Crippen LogP contribution is -2.14. The fourth-order valence-electron chi connectivity index (χ4n) is 4.83. The number of ether oxygens (including phenoxy) is 1. The zero-order valence-corrected chi connectivity index (χ0v) is 20.8. The number of ketones is 1. The van der Waals surface area contributed by atoms with Crippen LogP contribution in [0.2, 0.25) is 0 Å². The van der Waals surface area contributed by atoms with Gasteiger partial charge in [0.25, 0.3) is 0 Å². The number of hydrogen-bond acceptors (Lipinski definition) is 4. The van der Waals surface area contributed by atoms with E-state index in [0.717, 1.165) is 64.4 Å². The molecule has 5 nitrogen and oxygen atoms in total. The highest BCUT2D eigenvalue weighted by atomic mass is 16.5. The molecule has 4 rings (SSSR count). The Kier molecular flexibility index (Phi) is 6.92. The van der Waals surface area contributed by atoms with E-state index in [1.165, 1.54) is 6.42 Å². The number of Topliss-reactive ketones (excluding diaryl/α,β-unsaturated/α-hetero) is 1. The summed E-state index contributed by atoms with van der Waals surface area (Å²) in [7, 11) is 1.96. The van der Waals surface area contributed by atoms with E-state index in [1.54, 1.807) is 0 Å². The van der Waals surface area contributed by atoms with Crippen molar-refractivity contribution in [3.05, 3.63) is 74.8 Å². The Hall–Kier alpha value is -3.34. The molecular weight excluding hydrogens is 426 g/mol. The van der Waals surface area contributed by atoms with Crippen molar-refractivity contribution in [3.8, 4) is 5.75 Å². The topological polar surface area (TPSA) is 61.4 Å². The average molecular weight is 460 g/mol. The Balaban J connectivity index is 1.59. The molecule has 0 atom stereocenters. The highest BCUT2D eigenvalue weighted by Gasteiger charge is 2.20. The summed E-state index contributed by atoms with van der Waals surface area (Å²) in [5.74, 6) is 0.478. The van der Waals surface area contributed by atoms with Crippen molar-refractivity contribution >= 4 is 27.7 Å². The number of aryl methyl sites for hydroxylation is 3. The van der Waals surface area contributed by atoms with Gasteiger partial charge in [0.15, 0.2) is 6.61 Å². The van der Waals surface area contributed by atoms with E-state index in [9.17, 15) is 9.59 Å². The van der Waals surface area contributed by atoms with Crippen molar-refractivity contribution in [1.29, 1.82) is 0 Å².